The van der Waals surface area contributed by atoms with Crippen molar-refractivity contribution in [2.45, 2.75) is 25.7 Å². The number of imidazole rings is 1. The molecule has 0 spiro atoms. The number of H-pyrrole nitrogens is 1. The summed E-state index contributed by atoms with van der Waals surface area (Å²) < 4.78 is 8.21. The van der Waals surface area contributed by atoms with Crippen LogP contribution in [0.4, 0.5) is 5.95 Å². The van der Waals surface area contributed by atoms with Gasteiger partial charge in [-0.25, -0.2) is 4.79 Å². The minimum atomic E-state index is -1.01. The van der Waals surface area contributed by atoms with E-state index in [9.17, 15) is 19.8 Å². The molecule has 1 aromatic carbocycles. The third-order valence-electron chi connectivity index (χ3n) is 4.22. The zero-order valence-electron chi connectivity index (χ0n) is 15.9. The number of para-hydroxylation sites is 1. The van der Waals surface area contributed by atoms with Gasteiger partial charge in [0.05, 0.1) is 17.7 Å². The lowest BCUT2D eigenvalue weighted by molar-refractivity contribution is 0.0938. The highest BCUT2D eigenvalue weighted by Gasteiger charge is 2.20. The van der Waals surface area contributed by atoms with Crippen LogP contribution in [0.1, 0.15) is 6.92 Å². The molecule has 0 radical (unpaired) electrons. The Morgan fingerprint density at radius 3 is 2.72 bits per heavy atom. The lowest BCUT2D eigenvalue weighted by Crippen LogP contribution is -2.31. The fourth-order valence-corrected chi connectivity index (χ4v) is 2.99. The normalized spacial score (nSPS) is 13.4. The van der Waals surface area contributed by atoms with E-state index in [-0.39, 0.29) is 36.8 Å². The van der Waals surface area contributed by atoms with Crippen LogP contribution >= 0.6 is 11.6 Å². The predicted molar refractivity (Wildman–Crippen MR) is 109 cm³/mol. The van der Waals surface area contributed by atoms with Gasteiger partial charge in [-0.1, -0.05) is 23.7 Å². The van der Waals surface area contributed by atoms with Gasteiger partial charge in [0.2, 0.25) is 5.95 Å². The first-order chi connectivity index (χ1) is 13.8. The lowest BCUT2D eigenvalue weighted by atomic mass is 10.3. The summed E-state index contributed by atoms with van der Waals surface area (Å²) in [5.41, 5.74) is -0.945. The van der Waals surface area contributed by atoms with Gasteiger partial charge in [0, 0.05) is 13.6 Å². The molecule has 29 heavy (non-hydrogen) atoms. The number of nitrogens with one attached hydrogen (secondary N) is 2. The summed E-state index contributed by atoms with van der Waals surface area (Å²) in [5.74, 6) is 0.667. The number of aliphatic hydroxyl groups excluding tert-OH is 2. The maximum atomic E-state index is 12.4. The molecule has 10 nitrogen and oxygen atoms in total. The number of aromatic amines is 1. The van der Waals surface area contributed by atoms with E-state index in [0.29, 0.717) is 10.8 Å². The van der Waals surface area contributed by atoms with E-state index in [0.717, 1.165) is 0 Å². The fraction of sp³-hybridized carbons (Fsp3) is 0.389. The van der Waals surface area contributed by atoms with E-state index < -0.39 is 23.5 Å². The molecule has 0 aliphatic carbocycles. The van der Waals surface area contributed by atoms with Gasteiger partial charge in [0.25, 0.3) is 5.56 Å². The van der Waals surface area contributed by atoms with Gasteiger partial charge >= 0.3 is 5.69 Å². The molecule has 3 aromatic rings. The van der Waals surface area contributed by atoms with Crippen LogP contribution in [-0.2, 0) is 13.6 Å². The second kappa shape index (κ2) is 8.68. The van der Waals surface area contributed by atoms with E-state index in [4.69, 9.17) is 16.3 Å². The van der Waals surface area contributed by atoms with Gasteiger partial charge in [0.1, 0.15) is 18.5 Å². The molecule has 156 valence electrons. The average molecular weight is 424 g/mol. The van der Waals surface area contributed by atoms with Gasteiger partial charge in [-0.3, -0.25) is 14.3 Å². The van der Waals surface area contributed by atoms with Crippen LogP contribution in [0.2, 0.25) is 5.02 Å². The molecule has 3 rings (SSSR count). The smallest absolute Gasteiger partial charge is 0.329 e. The van der Waals surface area contributed by atoms with Crippen LogP contribution in [0.15, 0.2) is 33.9 Å². The highest BCUT2D eigenvalue weighted by molar-refractivity contribution is 6.32. The Balaban J connectivity index is 1.90. The summed E-state index contributed by atoms with van der Waals surface area (Å²) in [7, 11) is 1.48. The van der Waals surface area contributed by atoms with Crippen molar-refractivity contribution in [3.63, 3.8) is 0 Å². The summed E-state index contributed by atoms with van der Waals surface area (Å²) >= 11 is 6.04. The maximum Gasteiger partial charge on any atom is 0.329 e. The van der Waals surface area contributed by atoms with Crippen LogP contribution in [0.3, 0.4) is 0 Å². The maximum absolute atomic E-state index is 12.4. The summed E-state index contributed by atoms with van der Waals surface area (Å²) in [6.45, 7) is 1.64. The lowest BCUT2D eigenvalue weighted by Gasteiger charge is -2.16. The van der Waals surface area contributed by atoms with Crippen molar-refractivity contribution < 1.29 is 14.9 Å². The van der Waals surface area contributed by atoms with Crippen molar-refractivity contribution in [2.24, 2.45) is 7.05 Å². The number of halogens is 1. The number of aliphatic hydroxyl groups is 2. The average Bonchev–Trinajstić information content (AvgIpc) is 3.03. The number of benzene rings is 1. The van der Waals surface area contributed by atoms with Crippen LogP contribution in [-0.4, -0.2) is 54.7 Å². The van der Waals surface area contributed by atoms with Crippen molar-refractivity contribution >= 4 is 28.7 Å². The third-order valence-corrected chi connectivity index (χ3v) is 4.54. The number of aryl methyl sites for hydroxylation is 1. The van der Waals surface area contributed by atoms with E-state index in [1.807, 2.05) is 0 Å². The van der Waals surface area contributed by atoms with E-state index in [2.05, 4.69) is 15.3 Å². The fourth-order valence-electron chi connectivity index (χ4n) is 2.80. The minimum absolute atomic E-state index is 0.0373. The Labute approximate surface area is 170 Å². The van der Waals surface area contributed by atoms with E-state index in [1.54, 1.807) is 31.2 Å². The molecule has 2 atom stereocenters. The highest BCUT2D eigenvalue weighted by Crippen LogP contribution is 2.23. The molecular weight excluding hydrogens is 402 g/mol. The SMILES string of the molecule is C[C@@H](O)CNc1nc2c(c(=O)[nH]c(=O)n2C)n1C[C@@H](O)COc1ccccc1Cl. The van der Waals surface area contributed by atoms with Crippen LogP contribution in [0.5, 0.6) is 5.75 Å². The predicted octanol–water partition coefficient (Wildman–Crippen LogP) is 0.309. The summed E-state index contributed by atoms with van der Waals surface area (Å²) in [4.78, 5) is 30.8. The zero-order chi connectivity index (χ0) is 21.1. The number of nitrogens with zero attached hydrogens (tertiary/aromatic N) is 3. The molecule has 4 N–H and O–H groups in total. The third kappa shape index (κ3) is 4.61. The number of rotatable bonds is 8. The molecule has 0 unspecified atom stereocenters. The van der Waals surface area contributed by atoms with E-state index >= 15 is 0 Å². The molecule has 0 bridgehead atoms. The number of hydrogen-bond acceptors (Lipinski definition) is 7. The molecule has 2 aromatic heterocycles. The number of ether oxygens (including phenoxy) is 1. The molecule has 11 heteroatoms. The zero-order valence-corrected chi connectivity index (χ0v) is 16.7. The standard InChI is InChI=1S/C18H22ClN5O5/c1-10(25)7-20-17-21-15-14(16(27)22-18(28)23(15)2)24(17)8-11(26)9-29-13-6-4-3-5-12(13)19/h3-6,10-11,25-26H,7-9H2,1-2H3,(H,20,21)(H,22,27,28)/t10-,11-/m1/s1. The molecule has 0 saturated heterocycles. The van der Waals surface area contributed by atoms with Gasteiger partial charge in [-0.2, -0.15) is 4.98 Å². The van der Waals surface area contributed by atoms with Crippen molar-refractivity contribution in [3.8, 4) is 5.75 Å². The number of anilines is 1. The molecule has 0 amide bonds. The molecule has 0 aliphatic heterocycles. The van der Waals surface area contributed by atoms with E-state index in [1.165, 1.54) is 16.2 Å². The van der Waals surface area contributed by atoms with Gasteiger partial charge in [-0.05, 0) is 19.1 Å². The Hall–Kier alpha value is -2.82. The van der Waals surface area contributed by atoms with Crippen LogP contribution in [0.25, 0.3) is 11.2 Å². The second-order valence-corrected chi connectivity index (χ2v) is 7.07. The van der Waals surface area contributed by atoms with Gasteiger partial charge < -0.3 is 24.8 Å². The van der Waals surface area contributed by atoms with Crippen LogP contribution in [0, 0.1) is 0 Å². The first-order valence-electron chi connectivity index (χ1n) is 8.94. The number of hydrogen-bond donors (Lipinski definition) is 4. The van der Waals surface area contributed by atoms with Crippen LogP contribution < -0.4 is 21.3 Å². The Bertz CT molecular complexity index is 1120. The van der Waals surface area contributed by atoms with Crippen molar-refractivity contribution in [1.29, 1.82) is 0 Å². The first-order valence-corrected chi connectivity index (χ1v) is 9.32. The monoisotopic (exact) mass is 423 g/mol. The van der Waals surface area contributed by atoms with Crippen molar-refractivity contribution in [1.82, 2.24) is 19.1 Å². The Kier molecular flexibility index (Phi) is 6.26. The number of aromatic nitrogens is 4. The molecular formula is C18H22ClN5O5. The summed E-state index contributed by atoms with van der Waals surface area (Å²) in [5, 5.41) is 23.4. The topological polar surface area (TPSA) is 134 Å². The van der Waals surface area contributed by atoms with Gasteiger partial charge in [0.15, 0.2) is 11.2 Å². The number of fused-ring (bicyclic) bond motifs is 1. The molecule has 0 saturated carbocycles. The highest BCUT2D eigenvalue weighted by atomic mass is 35.5. The molecule has 0 aliphatic rings. The largest absolute Gasteiger partial charge is 0.489 e. The van der Waals surface area contributed by atoms with Crippen molar-refractivity contribution in [2.75, 3.05) is 18.5 Å². The summed E-state index contributed by atoms with van der Waals surface area (Å²) in [6, 6.07) is 6.87. The Morgan fingerprint density at radius 2 is 2.03 bits per heavy atom. The van der Waals surface area contributed by atoms with Crippen molar-refractivity contribution in [3.05, 3.63) is 50.1 Å². The quantitative estimate of drug-likeness (QED) is 0.409. The minimum Gasteiger partial charge on any atom is -0.489 e. The first kappa shape index (κ1) is 20.9. The molecule has 2 heterocycles. The second-order valence-electron chi connectivity index (χ2n) is 6.66. The summed E-state index contributed by atoms with van der Waals surface area (Å²) in [6.07, 6.45) is -1.67. The van der Waals surface area contributed by atoms with Gasteiger partial charge in [-0.15, -0.1) is 0 Å². The Morgan fingerprint density at radius 1 is 1.31 bits per heavy atom. The molecule has 0 fully saturated rings.